The van der Waals surface area contributed by atoms with Crippen LogP contribution >= 0.6 is 0 Å². The molecule has 0 bridgehead atoms. The normalized spacial score (nSPS) is 17.3. The van der Waals surface area contributed by atoms with Crippen molar-refractivity contribution in [3.05, 3.63) is 71.0 Å². The van der Waals surface area contributed by atoms with Crippen LogP contribution in [-0.2, 0) is 9.59 Å². The average Bonchev–Trinajstić information content (AvgIpc) is 3.38. The predicted molar refractivity (Wildman–Crippen MR) is 119 cm³/mol. The van der Waals surface area contributed by atoms with Gasteiger partial charge in [0.05, 0.1) is 32.9 Å². The largest absolute Gasteiger partial charge is 0.507 e. The van der Waals surface area contributed by atoms with Crippen LogP contribution in [0.5, 0.6) is 17.2 Å². The number of benzene rings is 2. The lowest BCUT2D eigenvalue weighted by molar-refractivity contribution is -0.132. The molecule has 1 atom stereocenters. The zero-order chi connectivity index (χ0) is 23.7. The zero-order valence-electron chi connectivity index (χ0n) is 18.5. The van der Waals surface area contributed by atoms with E-state index in [0.717, 1.165) is 0 Å². The van der Waals surface area contributed by atoms with Crippen molar-refractivity contribution in [3.8, 4) is 17.2 Å². The summed E-state index contributed by atoms with van der Waals surface area (Å²) < 4.78 is 21.1. The van der Waals surface area contributed by atoms with Gasteiger partial charge >= 0.3 is 5.91 Å². The third-order valence-corrected chi connectivity index (χ3v) is 5.37. The van der Waals surface area contributed by atoms with Gasteiger partial charge in [-0.15, -0.1) is 0 Å². The van der Waals surface area contributed by atoms with Crippen molar-refractivity contribution >= 4 is 23.3 Å². The van der Waals surface area contributed by atoms with E-state index in [-0.39, 0.29) is 17.2 Å². The maximum Gasteiger partial charge on any atom is 0.301 e. The number of nitrogens with zero attached hydrogens (tertiary/aromatic N) is 2. The minimum Gasteiger partial charge on any atom is -0.507 e. The molecule has 9 heteroatoms. The van der Waals surface area contributed by atoms with Gasteiger partial charge in [0.15, 0.2) is 17.3 Å². The molecule has 1 fully saturated rings. The van der Waals surface area contributed by atoms with E-state index in [9.17, 15) is 14.7 Å². The van der Waals surface area contributed by atoms with Crippen molar-refractivity contribution in [2.45, 2.75) is 13.0 Å². The van der Waals surface area contributed by atoms with Gasteiger partial charge < -0.3 is 23.8 Å². The van der Waals surface area contributed by atoms with Gasteiger partial charge in [0.1, 0.15) is 17.3 Å². The van der Waals surface area contributed by atoms with E-state index in [1.807, 2.05) is 0 Å². The topological polar surface area (TPSA) is 111 Å². The Morgan fingerprint density at radius 1 is 1.00 bits per heavy atom. The third kappa shape index (κ3) is 3.78. The van der Waals surface area contributed by atoms with Crippen molar-refractivity contribution in [1.29, 1.82) is 0 Å². The first kappa shape index (κ1) is 21.9. The van der Waals surface area contributed by atoms with Gasteiger partial charge in [-0.25, -0.2) is 0 Å². The molecule has 9 nitrogen and oxygen atoms in total. The summed E-state index contributed by atoms with van der Waals surface area (Å²) in [7, 11) is 4.48. The van der Waals surface area contributed by atoms with Gasteiger partial charge in [0.2, 0.25) is 0 Å². The number of aromatic nitrogens is 1. The highest BCUT2D eigenvalue weighted by Crippen LogP contribution is 2.44. The van der Waals surface area contributed by atoms with Gasteiger partial charge in [-0.05, 0) is 36.8 Å². The Kier molecular flexibility index (Phi) is 5.78. The number of amides is 1. The van der Waals surface area contributed by atoms with Gasteiger partial charge in [-0.1, -0.05) is 23.4 Å². The van der Waals surface area contributed by atoms with Gasteiger partial charge in [-0.3, -0.25) is 14.5 Å². The monoisotopic (exact) mass is 450 g/mol. The summed E-state index contributed by atoms with van der Waals surface area (Å²) in [6, 6.07) is 12.1. The van der Waals surface area contributed by atoms with E-state index in [2.05, 4.69) is 5.16 Å². The van der Waals surface area contributed by atoms with E-state index in [1.165, 1.54) is 26.2 Å². The van der Waals surface area contributed by atoms with E-state index in [0.29, 0.717) is 34.1 Å². The van der Waals surface area contributed by atoms with Crippen molar-refractivity contribution in [2.24, 2.45) is 0 Å². The van der Waals surface area contributed by atoms with Gasteiger partial charge in [-0.2, -0.15) is 0 Å². The number of ketones is 1. The molecule has 0 radical (unpaired) electrons. The van der Waals surface area contributed by atoms with Crippen LogP contribution in [0.4, 0.5) is 5.82 Å². The van der Waals surface area contributed by atoms with Crippen molar-refractivity contribution in [1.82, 2.24) is 5.16 Å². The molecule has 1 unspecified atom stereocenters. The highest BCUT2D eigenvalue weighted by atomic mass is 16.5. The second-order valence-corrected chi connectivity index (χ2v) is 7.31. The van der Waals surface area contributed by atoms with Crippen LogP contribution in [0.3, 0.4) is 0 Å². The summed E-state index contributed by atoms with van der Waals surface area (Å²) in [5, 5.41) is 15.1. The van der Waals surface area contributed by atoms with Crippen LogP contribution in [0.25, 0.3) is 5.76 Å². The number of hydrogen-bond acceptors (Lipinski definition) is 8. The molecule has 1 aromatic heterocycles. The number of carbonyl (C=O) groups is 2. The molecule has 3 aromatic rings. The fourth-order valence-corrected chi connectivity index (χ4v) is 3.80. The lowest BCUT2D eigenvalue weighted by Gasteiger charge is -2.23. The summed E-state index contributed by atoms with van der Waals surface area (Å²) in [5.41, 5.74) is 0.743. The molecule has 1 amide bonds. The van der Waals surface area contributed by atoms with E-state index >= 15 is 0 Å². The molecule has 1 N–H and O–H groups in total. The van der Waals surface area contributed by atoms with E-state index in [1.54, 1.807) is 55.5 Å². The van der Waals surface area contributed by atoms with Crippen LogP contribution in [0.15, 0.2) is 58.6 Å². The van der Waals surface area contributed by atoms with Crippen LogP contribution in [0, 0.1) is 6.92 Å². The standard InChI is InChI=1S/C24H22N2O7/c1-13-10-19(25-33-13)26-21(14-8-9-17(31-3)18(12-14)32-4)20(23(28)24(26)29)22(27)15-6-5-7-16(11-15)30-2/h5-12,21,27H,1-4H3/b22-20+. The molecule has 2 aromatic carbocycles. The van der Waals surface area contributed by atoms with Crippen molar-refractivity contribution < 1.29 is 33.4 Å². The molecule has 0 aliphatic carbocycles. The Balaban J connectivity index is 1.96. The quantitative estimate of drug-likeness (QED) is 0.344. The number of hydrogen-bond donors (Lipinski definition) is 1. The number of anilines is 1. The molecule has 0 saturated carbocycles. The smallest absolute Gasteiger partial charge is 0.301 e. The highest BCUT2D eigenvalue weighted by Gasteiger charge is 2.48. The van der Waals surface area contributed by atoms with Crippen LogP contribution in [-0.4, -0.2) is 43.3 Å². The van der Waals surface area contributed by atoms with Crippen LogP contribution < -0.4 is 19.1 Å². The molecule has 170 valence electrons. The minimum absolute atomic E-state index is 0.0962. The lowest BCUT2D eigenvalue weighted by atomic mass is 9.95. The maximum atomic E-state index is 13.2. The number of Topliss-reactive ketones (excluding diaryl/α,β-unsaturated/α-hetero) is 1. The van der Waals surface area contributed by atoms with Crippen LogP contribution in [0.2, 0.25) is 0 Å². The molecule has 2 heterocycles. The first-order valence-electron chi connectivity index (χ1n) is 10.00. The first-order chi connectivity index (χ1) is 15.9. The summed E-state index contributed by atoms with van der Waals surface area (Å²) >= 11 is 0. The second kappa shape index (κ2) is 8.70. The maximum absolute atomic E-state index is 13.2. The summed E-state index contributed by atoms with van der Waals surface area (Å²) in [5.74, 6) is -0.0486. The Hall–Kier alpha value is -4.27. The summed E-state index contributed by atoms with van der Waals surface area (Å²) in [4.78, 5) is 27.5. The average molecular weight is 450 g/mol. The fourth-order valence-electron chi connectivity index (χ4n) is 3.80. The Bertz CT molecular complexity index is 1260. The molecular weight excluding hydrogens is 428 g/mol. The first-order valence-corrected chi connectivity index (χ1v) is 10.00. The van der Waals surface area contributed by atoms with Gasteiger partial charge in [0, 0.05) is 11.6 Å². The molecule has 0 spiro atoms. The third-order valence-electron chi connectivity index (χ3n) is 5.37. The number of rotatable bonds is 6. The SMILES string of the molecule is COc1cccc(/C(O)=C2\C(=O)C(=O)N(c3cc(C)on3)C2c2ccc(OC)c(OC)c2)c1. The number of carbonyl (C=O) groups excluding carboxylic acids is 2. The Morgan fingerprint density at radius 2 is 1.76 bits per heavy atom. The Labute approximate surface area is 189 Å². The lowest BCUT2D eigenvalue weighted by Crippen LogP contribution is -2.29. The fraction of sp³-hybridized carbons (Fsp3) is 0.208. The number of aliphatic hydroxyl groups excluding tert-OH is 1. The number of ether oxygens (including phenoxy) is 3. The van der Waals surface area contributed by atoms with Crippen molar-refractivity contribution in [3.63, 3.8) is 0 Å². The molecular formula is C24H22N2O7. The minimum atomic E-state index is -0.986. The summed E-state index contributed by atoms with van der Waals surface area (Å²) in [6.07, 6.45) is 0. The number of aryl methyl sites for hydroxylation is 1. The molecule has 1 aliphatic rings. The van der Waals surface area contributed by atoms with E-state index in [4.69, 9.17) is 18.7 Å². The zero-order valence-corrected chi connectivity index (χ0v) is 18.5. The molecule has 33 heavy (non-hydrogen) atoms. The second-order valence-electron chi connectivity index (χ2n) is 7.31. The number of methoxy groups -OCH3 is 3. The molecule has 1 aliphatic heterocycles. The molecule has 1 saturated heterocycles. The van der Waals surface area contributed by atoms with Crippen molar-refractivity contribution in [2.75, 3.05) is 26.2 Å². The number of aliphatic hydroxyl groups is 1. The molecule has 4 rings (SSSR count). The highest BCUT2D eigenvalue weighted by molar-refractivity contribution is 6.51. The van der Waals surface area contributed by atoms with Gasteiger partial charge in [0.25, 0.3) is 5.78 Å². The summed E-state index contributed by atoms with van der Waals surface area (Å²) in [6.45, 7) is 1.68. The van der Waals surface area contributed by atoms with Crippen LogP contribution in [0.1, 0.15) is 22.9 Å². The predicted octanol–water partition coefficient (Wildman–Crippen LogP) is 3.64. The van der Waals surface area contributed by atoms with E-state index < -0.39 is 17.7 Å². The Morgan fingerprint density at radius 3 is 2.39 bits per heavy atom.